The van der Waals surface area contributed by atoms with Gasteiger partial charge in [0.05, 0.1) is 23.5 Å². The quantitative estimate of drug-likeness (QED) is 0.943. The molecule has 18 heavy (non-hydrogen) atoms. The molecular formula is C13H18BrN3O. The van der Waals surface area contributed by atoms with Gasteiger partial charge in [0.25, 0.3) is 0 Å². The van der Waals surface area contributed by atoms with Gasteiger partial charge in [0.15, 0.2) is 0 Å². The first-order valence-corrected chi connectivity index (χ1v) is 6.71. The zero-order chi connectivity index (χ0) is 13.2. The number of furan rings is 1. The average molecular weight is 312 g/mol. The highest BCUT2D eigenvalue weighted by Gasteiger charge is 2.10. The van der Waals surface area contributed by atoms with Crippen molar-refractivity contribution in [3.05, 3.63) is 40.5 Å². The van der Waals surface area contributed by atoms with Gasteiger partial charge in [-0.15, -0.1) is 0 Å². The van der Waals surface area contributed by atoms with Crippen molar-refractivity contribution in [2.24, 2.45) is 0 Å². The molecule has 0 saturated carbocycles. The van der Waals surface area contributed by atoms with E-state index in [4.69, 9.17) is 4.42 Å². The lowest BCUT2D eigenvalue weighted by Gasteiger charge is -2.19. The van der Waals surface area contributed by atoms with E-state index in [1.807, 2.05) is 10.9 Å². The normalized spacial score (nSPS) is 12.0. The molecule has 4 nitrogen and oxygen atoms in total. The fourth-order valence-electron chi connectivity index (χ4n) is 1.55. The lowest BCUT2D eigenvalue weighted by Crippen LogP contribution is -2.34. The van der Waals surface area contributed by atoms with Crippen LogP contribution in [0, 0.1) is 0 Å². The molecule has 98 valence electrons. The van der Waals surface area contributed by atoms with Gasteiger partial charge in [0.1, 0.15) is 5.76 Å². The third kappa shape index (κ3) is 3.99. The summed E-state index contributed by atoms with van der Waals surface area (Å²) in [6.07, 6.45) is 5.49. The Morgan fingerprint density at radius 2 is 2.22 bits per heavy atom. The molecule has 0 aromatic carbocycles. The van der Waals surface area contributed by atoms with Crippen LogP contribution in [0.2, 0.25) is 0 Å². The van der Waals surface area contributed by atoms with Crippen LogP contribution in [0.1, 0.15) is 32.1 Å². The molecule has 0 spiro atoms. The van der Waals surface area contributed by atoms with Crippen molar-refractivity contribution in [2.75, 3.05) is 0 Å². The van der Waals surface area contributed by atoms with Gasteiger partial charge in [-0.05, 0) is 42.8 Å². The predicted molar refractivity (Wildman–Crippen MR) is 74.3 cm³/mol. The SMILES string of the molecule is CC(C)(C)NCc1coc(Cn2cc(Br)cn2)c1. The molecule has 0 bridgehead atoms. The van der Waals surface area contributed by atoms with Crippen molar-refractivity contribution in [3.8, 4) is 0 Å². The van der Waals surface area contributed by atoms with Crippen LogP contribution in [0.3, 0.4) is 0 Å². The second-order valence-electron chi connectivity index (χ2n) is 5.38. The van der Waals surface area contributed by atoms with E-state index in [0.717, 1.165) is 22.3 Å². The average Bonchev–Trinajstić information content (AvgIpc) is 2.85. The van der Waals surface area contributed by atoms with Gasteiger partial charge in [-0.1, -0.05) is 0 Å². The smallest absolute Gasteiger partial charge is 0.125 e. The topological polar surface area (TPSA) is 43.0 Å². The predicted octanol–water partition coefficient (Wildman–Crippen LogP) is 3.18. The highest BCUT2D eigenvalue weighted by Crippen LogP contribution is 2.12. The molecule has 2 rings (SSSR count). The Morgan fingerprint density at radius 3 is 2.83 bits per heavy atom. The standard InChI is InChI=1S/C13H18BrN3O/c1-13(2,3)15-5-10-4-12(18-9-10)8-17-7-11(14)6-16-17/h4,6-7,9,15H,5,8H2,1-3H3. The van der Waals surface area contributed by atoms with Crippen molar-refractivity contribution in [3.63, 3.8) is 0 Å². The van der Waals surface area contributed by atoms with Gasteiger partial charge >= 0.3 is 0 Å². The highest BCUT2D eigenvalue weighted by molar-refractivity contribution is 9.10. The van der Waals surface area contributed by atoms with Crippen molar-refractivity contribution >= 4 is 15.9 Å². The van der Waals surface area contributed by atoms with Gasteiger partial charge in [-0.3, -0.25) is 4.68 Å². The van der Waals surface area contributed by atoms with Gasteiger partial charge < -0.3 is 9.73 Å². The Morgan fingerprint density at radius 1 is 1.44 bits per heavy atom. The van der Waals surface area contributed by atoms with Crippen LogP contribution in [-0.2, 0) is 13.1 Å². The zero-order valence-corrected chi connectivity index (χ0v) is 12.5. The van der Waals surface area contributed by atoms with E-state index < -0.39 is 0 Å². The summed E-state index contributed by atoms with van der Waals surface area (Å²) in [4.78, 5) is 0. The van der Waals surface area contributed by atoms with Crippen LogP contribution in [0.15, 0.2) is 33.6 Å². The Hall–Kier alpha value is -1.07. The maximum Gasteiger partial charge on any atom is 0.125 e. The number of halogens is 1. The number of nitrogens with zero attached hydrogens (tertiary/aromatic N) is 2. The molecule has 0 aliphatic heterocycles. The van der Waals surface area contributed by atoms with Crippen LogP contribution in [0.25, 0.3) is 0 Å². The largest absolute Gasteiger partial charge is 0.467 e. The van der Waals surface area contributed by atoms with E-state index in [0.29, 0.717) is 6.54 Å². The van der Waals surface area contributed by atoms with E-state index in [9.17, 15) is 0 Å². The summed E-state index contributed by atoms with van der Waals surface area (Å²) in [5, 5.41) is 7.63. The molecule has 2 aromatic rings. The summed E-state index contributed by atoms with van der Waals surface area (Å²) >= 11 is 3.37. The molecular weight excluding hydrogens is 294 g/mol. The van der Waals surface area contributed by atoms with E-state index in [1.54, 1.807) is 12.5 Å². The number of rotatable bonds is 4. The first kappa shape index (κ1) is 13.4. The summed E-state index contributed by atoms with van der Waals surface area (Å²) in [7, 11) is 0. The molecule has 0 aliphatic rings. The molecule has 0 amide bonds. The molecule has 0 radical (unpaired) electrons. The third-order valence-corrected chi connectivity index (χ3v) is 2.86. The van der Waals surface area contributed by atoms with Crippen LogP contribution in [-0.4, -0.2) is 15.3 Å². The first-order chi connectivity index (χ1) is 8.42. The van der Waals surface area contributed by atoms with Crippen molar-refractivity contribution in [1.82, 2.24) is 15.1 Å². The second kappa shape index (κ2) is 5.28. The Kier molecular flexibility index (Phi) is 3.92. The summed E-state index contributed by atoms with van der Waals surface area (Å²) in [6.45, 7) is 7.91. The van der Waals surface area contributed by atoms with E-state index >= 15 is 0 Å². The Bertz CT molecular complexity index is 510. The van der Waals surface area contributed by atoms with Crippen molar-refractivity contribution in [1.29, 1.82) is 0 Å². The van der Waals surface area contributed by atoms with Gasteiger partial charge in [-0.25, -0.2) is 0 Å². The maximum atomic E-state index is 5.53. The van der Waals surface area contributed by atoms with Gasteiger partial charge in [0, 0.05) is 23.8 Å². The minimum absolute atomic E-state index is 0.115. The lowest BCUT2D eigenvalue weighted by molar-refractivity contribution is 0.422. The zero-order valence-electron chi connectivity index (χ0n) is 10.9. The molecule has 2 heterocycles. The molecule has 2 aromatic heterocycles. The molecule has 0 unspecified atom stereocenters. The van der Waals surface area contributed by atoms with Gasteiger partial charge in [0.2, 0.25) is 0 Å². The van der Waals surface area contributed by atoms with Crippen LogP contribution >= 0.6 is 15.9 Å². The Balaban J connectivity index is 1.94. The fourth-order valence-corrected chi connectivity index (χ4v) is 1.88. The first-order valence-electron chi connectivity index (χ1n) is 5.92. The lowest BCUT2D eigenvalue weighted by atomic mass is 10.1. The monoisotopic (exact) mass is 311 g/mol. The Labute approximate surface area is 115 Å². The summed E-state index contributed by atoms with van der Waals surface area (Å²) in [5.41, 5.74) is 1.27. The van der Waals surface area contributed by atoms with Crippen molar-refractivity contribution < 1.29 is 4.42 Å². The molecule has 0 aliphatic carbocycles. The minimum atomic E-state index is 0.115. The summed E-state index contributed by atoms with van der Waals surface area (Å²) in [6, 6.07) is 2.06. The number of nitrogens with one attached hydrogen (secondary N) is 1. The van der Waals surface area contributed by atoms with Crippen molar-refractivity contribution in [2.45, 2.75) is 39.4 Å². The van der Waals surface area contributed by atoms with E-state index in [2.05, 4.69) is 53.2 Å². The molecule has 0 atom stereocenters. The summed E-state index contributed by atoms with van der Waals surface area (Å²) < 4.78 is 8.34. The molecule has 1 N–H and O–H groups in total. The van der Waals surface area contributed by atoms with E-state index in [1.165, 1.54) is 0 Å². The van der Waals surface area contributed by atoms with Crippen LogP contribution < -0.4 is 5.32 Å². The minimum Gasteiger partial charge on any atom is -0.467 e. The maximum absolute atomic E-state index is 5.53. The molecule has 0 fully saturated rings. The third-order valence-electron chi connectivity index (χ3n) is 2.45. The summed E-state index contributed by atoms with van der Waals surface area (Å²) in [5.74, 6) is 0.913. The highest BCUT2D eigenvalue weighted by atomic mass is 79.9. The fraction of sp³-hybridized carbons (Fsp3) is 0.462. The van der Waals surface area contributed by atoms with Crippen LogP contribution in [0.5, 0.6) is 0 Å². The molecule has 0 saturated heterocycles. The second-order valence-corrected chi connectivity index (χ2v) is 6.30. The van der Waals surface area contributed by atoms with Gasteiger partial charge in [-0.2, -0.15) is 5.10 Å². The molecule has 5 heteroatoms. The number of hydrogen-bond acceptors (Lipinski definition) is 3. The van der Waals surface area contributed by atoms with Crippen LogP contribution in [0.4, 0.5) is 0 Å². The number of aromatic nitrogens is 2. The van der Waals surface area contributed by atoms with E-state index in [-0.39, 0.29) is 5.54 Å². The number of hydrogen-bond donors (Lipinski definition) is 1.